The molecular formula is C26H22N4O3. The Kier molecular flexibility index (Phi) is 5.36. The average molecular weight is 438 g/mol. The van der Waals surface area contributed by atoms with Crippen molar-refractivity contribution in [3.63, 3.8) is 0 Å². The Balaban J connectivity index is 1.55. The van der Waals surface area contributed by atoms with E-state index in [0.717, 1.165) is 22.4 Å². The highest BCUT2D eigenvalue weighted by atomic mass is 16.5. The predicted octanol–water partition coefficient (Wildman–Crippen LogP) is 3.64. The standard InChI is InChI=1S/C26H22N4O3/c1-33-21-10-7-19(8-11-21)17-29-24-15-20(25(31)27-16-18-5-3-2-4-6-18)9-12-22(24)30-23(26(29)32)13-14-28-30/h2-15H,16-17H2,1H3,(H,27,31). The van der Waals surface area contributed by atoms with E-state index >= 15 is 0 Å². The zero-order valence-corrected chi connectivity index (χ0v) is 18.1. The minimum absolute atomic E-state index is 0.169. The summed E-state index contributed by atoms with van der Waals surface area (Å²) in [6, 6.07) is 24.3. The third kappa shape index (κ3) is 3.96. The molecule has 7 heteroatoms. The van der Waals surface area contributed by atoms with Gasteiger partial charge in [0.1, 0.15) is 11.3 Å². The number of nitrogens with zero attached hydrogens (tertiary/aromatic N) is 3. The number of fused-ring (bicyclic) bond motifs is 3. The van der Waals surface area contributed by atoms with E-state index in [1.807, 2.05) is 60.7 Å². The van der Waals surface area contributed by atoms with Crippen LogP contribution in [0, 0.1) is 0 Å². The predicted molar refractivity (Wildman–Crippen MR) is 127 cm³/mol. The molecule has 5 rings (SSSR count). The maximum atomic E-state index is 13.3. The fourth-order valence-corrected chi connectivity index (χ4v) is 3.92. The molecule has 1 amide bonds. The minimum Gasteiger partial charge on any atom is -0.497 e. The highest BCUT2D eigenvalue weighted by Crippen LogP contribution is 2.19. The smallest absolute Gasteiger partial charge is 0.277 e. The Morgan fingerprint density at radius 1 is 0.909 bits per heavy atom. The van der Waals surface area contributed by atoms with Crippen LogP contribution in [0.3, 0.4) is 0 Å². The van der Waals surface area contributed by atoms with Crippen LogP contribution < -0.4 is 15.6 Å². The maximum absolute atomic E-state index is 13.3. The largest absolute Gasteiger partial charge is 0.497 e. The summed E-state index contributed by atoms with van der Waals surface area (Å²) in [5, 5.41) is 7.26. The Bertz CT molecular complexity index is 1500. The van der Waals surface area contributed by atoms with Gasteiger partial charge in [-0.25, -0.2) is 4.52 Å². The summed E-state index contributed by atoms with van der Waals surface area (Å²) in [6.45, 7) is 0.782. The van der Waals surface area contributed by atoms with E-state index in [9.17, 15) is 9.59 Å². The number of amides is 1. The van der Waals surface area contributed by atoms with Crippen molar-refractivity contribution < 1.29 is 9.53 Å². The number of hydrogen-bond acceptors (Lipinski definition) is 4. The molecule has 164 valence electrons. The second-order valence-electron chi connectivity index (χ2n) is 7.74. The average Bonchev–Trinajstić information content (AvgIpc) is 3.36. The van der Waals surface area contributed by atoms with Crippen LogP contribution in [0.25, 0.3) is 16.6 Å². The number of aromatic nitrogens is 3. The summed E-state index contributed by atoms with van der Waals surface area (Å²) in [6.07, 6.45) is 1.61. The molecule has 0 saturated heterocycles. The lowest BCUT2D eigenvalue weighted by Crippen LogP contribution is -2.25. The number of carbonyl (C=O) groups excluding carboxylic acids is 1. The molecule has 0 atom stereocenters. The van der Waals surface area contributed by atoms with E-state index in [-0.39, 0.29) is 11.5 Å². The highest BCUT2D eigenvalue weighted by molar-refractivity contribution is 5.97. The molecule has 3 aromatic carbocycles. The molecule has 2 aromatic heterocycles. The molecule has 1 N–H and O–H groups in total. The van der Waals surface area contributed by atoms with Crippen LogP contribution in [0.2, 0.25) is 0 Å². The monoisotopic (exact) mass is 438 g/mol. The van der Waals surface area contributed by atoms with Gasteiger partial charge in [0.2, 0.25) is 0 Å². The van der Waals surface area contributed by atoms with Crippen LogP contribution in [-0.4, -0.2) is 27.2 Å². The van der Waals surface area contributed by atoms with E-state index in [0.29, 0.717) is 29.7 Å². The van der Waals surface area contributed by atoms with Gasteiger partial charge in [0.05, 0.1) is 30.9 Å². The molecular weight excluding hydrogens is 416 g/mol. The van der Waals surface area contributed by atoms with Crippen LogP contribution in [0.1, 0.15) is 21.5 Å². The summed E-state index contributed by atoms with van der Waals surface area (Å²) in [4.78, 5) is 26.2. The first-order valence-electron chi connectivity index (χ1n) is 10.6. The van der Waals surface area contributed by atoms with Gasteiger partial charge in [-0.3, -0.25) is 9.59 Å². The lowest BCUT2D eigenvalue weighted by atomic mass is 10.1. The third-order valence-corrected chi connectivity index (χ3v) is 5.66. The molecule has 5 aromatic rings. The summed E-state index contributed by atoms with van der Waals surface area (Å²) < 4.78 is 8.53. The van der Waals surface area contributed by atoms with Crippen LogP contribution >= 0.6 is 0 Å². The van der Waals surface area contributed by atoms with Gasteiger partial charge in [0.15, 0.2) is 0 Å². The number of hydrogen-bond donors (Lipinski definition) is 1. The van der Waals surface area contributed by atoms with Crippen molar-refractivity contribution in [2.45, 2.75) is 13.1 Å². The second kappa shape index (κ2) is 8.63. The van der Waals surface area contributed by atoms with Gasteiger partial charge < -0.3 is 14.6 Å². The van der Waals surface area contributed by atoms with E-state index in [2.05, 4.69) is 10.4 Å². The molecule has 0 unspecified atom stereocenters. The molecule has 0 bridgehead atoms. The SMILES string of the molecule is COc1ccc(Cn2c(=O)c3ccnn3c3ccc(C(=O)NCc4ccccc4)cc32)cc1. The molecule has 0 spiro atoms. The van der Waals surface area contributed by atoms with E-state index < -0.39 is 0 Å². The zero-order valence-electron chi connectivity index (χ0n) is 18.1. The Morgan fingerprint density at radius 3 is 2.45 bits per heavy atom. The van der Waals surface area contributed by atoms with E-state index in [4.69, 9.17) is 4.74 Å². The molecule has 0 aliphatic heterocycles. The van der Waals surface area contributed by atoms with Crippen molar-refractivity contribution in [2.24, 2.45) is 0 Å². The fourth-order valence-electron chi connectivity index (χ4n) is 3.92. The Labute approximate surface area is 189 Å². The third-order valence-electron chi connectivity index (χ3n) is 5.66. The molecule has 33 heavy (non-hydrogen) atoms. The molecule has 0 aliphatic rings. The molecule has 7 nitrogen and oxygen atoms in total. The van der Waals surface area contributed by atoms with Crippen molar-refractivity contribution in [3.05, 3.63) is 112 Å². The molecule has 0 aliphatic carbocycles. The highest BCUT2D eigenvalue weighted by Gasteiger charge is 2.15. The fraction of sp³-hybridized carbons (Fsp3) is 0.115. The van der Waals surface area contributed by atoms with Crippen molar-refractivity contribution in [2.75, 3.05) is 7.11 Å². The lowest BCUT2D eigenvalue weighted by Gasteiger charge is -2.14. The van der Waals surface area contributed by atoms with Gasteiger partial charge in [0, 0.05) is 12.1 Å². The first-order chi connectivity index (χ1) is 16.1. The molecule has 0 saturated carbocycles. The molecule has 0 fully saturated rings. The van der Waals surface area contributed by atoms with Crippen LogP contribution in [-0.2, 0) is 13.1 Å². The number of carbonyl (C=O) groups is 1. The van der Waals surface area contributed by atoms with Crippen molar-refractivity contribution in [1.29, 1.82) is 0 Å². The number of nitrogens with one attached hydrogen (secondary N) is 1. The summed E-state index contributed by atoms with van der Waals surface area (Å²) in [5.41, 5.74) is 4.15. The first-order valence-corrected chi connectivity index (χ1v) is 10.6. The first kappa shape index (κ1) is 20.5. The lowest BCUT2D eigenvalue weighted by molar-refractivity contribution is 0.0951. The number of benzene rings is 3. The Hall–Kier alpha value is -4.39. The number of methoxy groups -OCH3 is 1. The van der Waals surface area contributed by atoms with Gasteiger partial charge in [-0.05, 0) is 47.5 Å². The van der Waals surface area contributed by atoms with Crippen LogP contribution in [0.5, 0.6) is 5.75 Å². The summed E-state index contributed by atoms with van der Waals surface area (Å²) in [7, 11) is 1.62. The summed E-state index contributed by atoms with van der Waals surface area (Å²) in [5.74, 6) is 0.546. The normalized spacial score (nSPS) is 11.1. The second-order valence-corrected chi connectivity index (χ2v) is 7.74. The number of ether oxygens (including phenoxy) is 1. The van der Waals surface area contributed by atoms with Crippen LogP contribution in [0.15, 0.2) is 89.9 Å². The molecule has 2 heterocycles. The van der Waals surface area contributed by atoms with Crippen molar-refractivity contribution in [3.8, 4) is 5.75 Å². The van der Waals surface area contributed by atoms with Gasteiger partial charge in [0.25, 0.3) is 11.5 Å². The Morgan fingerprint density at radius 2 is 1.70 bits per heavy atom. The van der Waals surface area contributed by atoms with Crippen molar-refractivity contribution >= 4 is 22.5 Å². The minimum atomic E-state index is -0.204. The van der Waals surface area contributed by atoms with Gasteiger partial charge in [-0.15, -0.1) is 0 Å². The van der Waals surface area contributed by atoms with Gasteiger partial charge in [-0.2, -0.15) is 5.10 Å². The number of rotatable bonds is 6. The van der Waals surface area contributed by atoms with Crippen molar-refractivity contribution in [1.82, 2.24) is 19.5 Å². The topological polar surface area (TPSA) is 77.6 Å². The van der Waals surface area contributed by atoms with E-state index in [1.54, 1.807) is 40.6 Å². The quantitative estimate of drug-likeness (QED) is 0.439. The van der Waals surface area contributed by atoms with E-state index in [1.165, 1.54) is 0 Å². The summed E-state index contributed by atoms with van der Waals surface area (Å²) >= 11 is 0. The van der Waals surface area contributed by atoms with Gasteiger partial charge in [-0.1, -0.05) is 42.5 Å². The molecule has 0 radical (unpaired) electrons. The maximum Gasteiger partial charge on any atom is 0.277 e. The zero-order chi connectivity index (χ0) is 22.8. The van der Waals surface area contributed by atoms with Gasteiger partial charge >= 0.3 is 0 Å². The van der Waals surface area contributed by atoms with Crippen LogP contribution in [0.4, 0.5) is 0 Å².